The number of hydrogen-bond acceptors (Lipinski definition) is 4. The number of fused-ring (bicyclic) bond motifs is 2. The predicted molar refractivity (Wildman–Crippen MR) is 105 cm³/mol. The van der Waals surface area contributed by atoms with Crippen molar-refractivity contribution in [3.8, 4) is 5.75 Å². The minimum Gasteiger partial charge on any atom is -0.501 e. The van der Waals surface area contributed by atoms with Crippen molar-refractivity contribution in [1.82, 2.24) is 0 Å². The highest BCUT2D eigenvalue weighted by atomic mass is 16.5. The molecule has 0 aliphatic heterocycles. The van der Waals surface area contributed by atoms with Crippen LogP contribution in [-0.4, -0.2) is 25.8 Å². The van der Waals surface area contributed by atoms with Gasteiger partial charge in [0.1, 0.15) is 11.5 Å². The van der Waals surface area contributed by atoms with E-state index in [0.717, 1.165) is 37.0 Å². The molecule has 1 aromatic carbocycles. The Morgan fingerprint density at radius 3 is 2.32 bits per heavy atom. The molecule has 0 unspecified atom stereocenters. The molecule has 0 spiro atoms. The molecule has 0 saturated heterocycles. The van der Waals surface area contributed by atoms with E-state index in [1.54, 1.807) is 14.2 Å². The van der Waals surface area contributed by atoms with Crippen LogP contribution in [0.25, 0.3) is 0 Å². The molecular formula is C24H26O4. The van der Waals surface area contributed by atoms with E-state index in [9.17, 15) is 9.59 Å². The molecule has 4 heteroatoms. The van der Waals surface area contributed by atoms with Gasteiger partial charge in [-0.1, -0.05) is 44.1 Å². The number of rotatable bonds is 3. The first kappa shape index (κ1) is 17.7. The van der Waals surface area contributed by atoms with Crippen molar-refractivity contribution in [2.75, 3.05) is 14.2 Å². The van der Waals surface area contributed by atoms with Crippen LogP contribution < -0.4 is 4.74 Å². The number of hydrogen-bond donors (Lipinski definition) is 0. The van der Waals surface area contributed by atoms with Crippen molar-refractivity contribution in [2.45, 2.75) is 38.0 Å². The Bertz CT molecular complexity index is 926. The van der Waals surface area contributed by atoms with Crippen molar-refractivity contribution >= 4 is 11.6 Å². The van der Waals surface area contributed by atoms with Gasteiger partial charge in [0.05, 0.1) is 20.1 Å². The molecule has 2 bridgehead atoms. The molecule has 0 radical (unpaired) electrons. The van der Waals surface area contributed by atoms with E-state index in [-0.39, 0.29) is 22.5 Å². The van der Waals surface area contributed by atoms with Gasteiger partial charge in [-0.25, -0.2) is 0 Å². The summed E-state index contributed by atoms with van der Waals surface area (Å²) in [6.45, 7) is 2.33. The Kier molecular flexibility index (Phi) is 3.54. The summed E-state index contributed by atoms with van der Waals surface area (Å²) in [7, 11) is 3.28. The van der Waals surface area contributed by atoms with Crippen LogP contribution in [0.1, 0.15) is 38.2 Å². The second kappa shape index (κ2) is 5.59. The summed E-state index contributed by atoms with van der Waals surface area (Å²) in [5.74, 6) is 0.314. The van der Waals surface area contributed by atoms with Gasteiger partial charge < -0.3 is 9.47 Å². The Hall–Kier alpha value is -2.36. The molecular weight excluding hydrogens is 352 g/mol. The van der Waals surface area contributed by atoms with E-state index < -0.39 is 17.1 Å². The highest BCUT2D eigenvalue weighted by molar-refractivity contribution is 6.43. The summed E-state index contributed by atoms with van der Waals surface area (Å²) in [6.07, 6.45) is 10.4. The van der Waals surface area contributed by atoms with Gasteiger partial charge in [0.25, 0.3) is 0 Å². The number of ketones is 2. The van der Waals surface area contributed by atoms with Crippen LogP contribution in [0.15, 0.2) is 48.3 Å². The molecule has 0 aromatic heterocycles. The van der Waals surface area contributed by atoms with Crippen molar-refractivity contribution in [3.05, 3.63) is 53.8 Å². The van der Waals surface area contributed by atoms with Gasteiger partial charge in [0.15, 0.2) is 0 Å². The zero-order valence-corrected chi connectivity index (χ0v) is 16.7. The number of allylic oxidation sites excluding steroid dienone is 4. The number of ether oxygens (including phenoxy) is 2. The first-order chi connectivity index (χ1) is 13.4. The van der Waals surface area contributed by atoms with E-state index in [4.69, 9.17) is 9.47 Å². The van der Waals surface area contributed by atoms with Crippen molar-refractivity contribution in [3.63, 3.8) is 0 Å². The Morgan fingerprint density at radius 2 is 1.64 bits per heavy atom. The average Bonchev–Trinajstić information content (AvgIpc) is 3.11. The number of benzene rings is 1. The second-order valence-corrected chi connectivity index (χ2v) is 8.95. The van der Waals surface area contributed by atoms with Crippen LogP contribution in [-0.2, 0) is 19.7 Å². The summed E-state index contributed by atoms with van der Waals surface area (Å²) >= 11 is 0. The van der Waals surface area contributed by atoms with Gasteiger partial charge in [0.2, 0.25) is 11.6 Å². The lowest BCUT2D eigenvalue weighted by molar-refractivity contribution is -0.139. The van der Waals surface area contributed by atoms with Crippen LogP contribution >= 0.6 is 0 Å². The molecule has 0 heterocycles. The normalized spacial score (nSPS) is 40.8. The zero-order chi connectivity index (χ0) is 19.7. The minimum absolute atomic E-state index is 0.0694. The Morgan fingerprint density at radius 1 is 0.929 bits per heavy atom. The number of carbonyl (C=O) groups is 2. The lowest BCUT2D eigenvalue weighted by atomic mass is 9.52. The SMILES string of the molecule is COC1=CC(=O)C(=O)[C@@H]2[C@H]1[C@]13C=C[C@@]2(c2ccc(OC)cc2)[C@@]1(C)CCCC3. The Balaban J connectivity index is 1.80. The highest BCUT2D eigenvalue weighted by Crippen LogP contribution is 2.79. The molecule has 4 aliphatic rings. The Labute approximate surface area is 165 Å². The third kappa shape index (κ3) is 1.73. The first-order valence-corrected chi connectivity index (χ1v) is 10.1. The molecule has 0 amide bonds. The minimum atomic E-state index is -0.491. The van der Waals surface area contributed by atoms with E-state index in [0.29, 0.717) is 5.76 Å². The van der Waals surface area contributed by atoms with Crippen LogP contribution in [0.2, 0.25) is 0 Å². The average molecular weight is 378 g/mol. The van der Waals surface area contributed by atoms with Crippen LogP contribution in [0.5, 0.6) is 5.75 Å². The van der Waals surface area contributed by atoms with E-state index in [1.165, 1.54) is 6.08 Å². The highest BCUT2D eigenvalue weighted by Gasteiger charge is 2.78. The monoisotopic (exact) mass is 378 g/mol. The third-order valence-electron chi connectivity index (χ3n) is 8.39. The lowest BCUT2D eigenvalue weighted by Gasteiger charge is -2.50. The van der Waals surface area contributed by atoms with Gasteiger partial charge in [-0.2, -0.15) is 0 Å². The van der Waals surface area contributed by atoms with Crippen molar-refractivity contribution < 1.29 is 19.1 Å². The lowest BCUT2D eigenvalue weighted by Crippen LogP contribution is -2.48. The fourth-order valence-corrected chi connectivity index (χ4v) is 7.20. The predicted octanol–water partition coefficient (Wildman–Crippen LogP) is 4.00. The number of methoxy groups -OCH3 is 2. The molecule has 146 valence electrons. The van der Waals surface area contributed by atoms with E-state index in [1.807, 2.05) is 12.1 Å². The largest absolute Gasteiger partial charge is 0.501 e. The standard InChI is InChI=1S/C24H26O4/c1-22-10-4-5-11-23(22)12-13-24(22,15-6-8-16(27-2)9-7-15)20-19(23)18(28-3)14-17(25)21(20)26/h6-9,12-14,19-20H,4-5,10-11H2,1-3H3/t19-,20-,22-,23-,24-/m0/s1. The number of Topliss-reactive ketones (excluding diaryl/α,β-unsaturated/α-hetero) is 1. The van der Waals surface area contributed by atoms with E-state index >= 15 is 0 Å². The molecule has 1 aromatic rings. The summed E-state index contributed by atoms with van der Waals surface area (Å²) < 4.78 is 11.1. The molecule has 0 N–H and O–H groups in total. The van der Waals surface area contributed by atoms with Crippen LogP contribution in [0.4, 0.5) is 0 Å². The smallest absolute Gasteiger partial charge is 0.225 e. The maximum Gasteiger partial charge on any atom is 0.225 e. The third-order valence-corrected chi connectivity index (χ3v) is 8.39. The molecule has 4 nitrogen and oxygen atoms in total. The van der Waals surface area contributed by atoms with Crippen LogP contribution in [0.3, 0.4) is 0 Å². The van der Waals surface area contributed by atoms with Crippen LogP contribution in [0, 0.1) is 22.7 Å². The molecule has 2 saturated carbocycles. The number of carbonyl (C=O) groups excluding carboxylic acids is 2. The summed E-state index contributed by atoms with van der Waals surface area (Å²) in [5.41, 5.74) is 0.338. The summed E-state index contributed by atoms with van der Waals surface area (Å²) in [6, 6.07) is 8.06. The molecule has 5 atom stereocenters. The van der Waals surface area contributed by atoms with Gasteiger partial charge in [0, 0.05) is 22.8 Å². The van der Waals surface area contributed by atoms with Crippen molar-refractivity contribution in [2.24, 2.45) is 22.7 Å². The fourth-order valence-electron chi connectivity index (χ4n) is 7.20. The van der Waals surface area contributed by atoms with Gasteiger partial charge >= 0.3 is 0 Å². The maximum absolute atomic E-state index is 13.3. The fraction of sp³-hybridized carbons (Fsp3) is 0.500. The molecule has 5 rings (SSSR count). The van der Waals surface area contributed by atoms with Gasteiger partial charge in [-0.15, -0.1) is 0 Å². The molecule has 28 heavy (non-hydrogen) atoms. The maximum atomic E-state index is 13.3. The van der Waals surface area contributed by atoms with Crippen molar-refractivity contribution in [1.29, 1.82) is 0 Å². The quantitative estimate of drug-likeness (QED) is 0.589. The first-order valence-electron chi connectivity index (χ1n) is 10.1. The summed E-state index contributed by atoms with van der Waals surface area (Å²) in [5, 5.41) is 0. The molecule has 4 aliphatic carbocycles. The zero-order valence-electron chi connectivity index (χ0n) is 16.7. The van der Waals surface area contributed by atoms with E-state index in [2.05, 4.69) is 31.2 Å². The van der Waals surface area contributed by atoms with Gasteiger partial charge in [-0.3, -0.25) is 9.59 Å². The van der Waals surface area contributed by atoms with Gasteiger partial charge in [-0.05, 0) is 36.0 Å². The summed E-state index contributed by atoms with van der Waals surface area (Å²) in [4.78, 5) is 25.9. The second-order valence-electron chi connectivity index (χ2n) is 8.95. The molecule has 2 fully saturated rings. The topological polar surface area (TPSA) is 52.6 Å².